The van der Waals surface area contributed by atoms with Crippen LogP contribution in [0.3, 0.4) is 0 Å². The number of ketones is 2. The van der Waals surface area contributed by atoms with Gasteiger partial charge in [-0.2, -0.15) is 5.26 Å². The minimum Gasteiger partial charge on any atom is -0.481 e. The van der Waals surface area contributed by atoms with Gasteiger partial charge in [-0.15, -0.1) is 0 Å². The second-order valence-electron chi connectivity index (χ2n) is 14.5. The summed E-state index contributed by atoms with van der Waals surface area (Å²) in [6.07, 6.45) is 7.51. The van der Waals surface area contributed by atoms with Crippen molar-refractivity contribution in [3.63, 3.8) is 0 Å². The number of carboxylic acids is 2. The lowest BCUT2D eigenvalue weighted by Gasteiger charge is -2.68. The maximum Gasteiger partial charge on any atom is 0.317 e. The van der Waals surface area contributed by atoms with Crippen LogP contribution in [0.1, 0.15) is 86.5 Å². The molecule has 0 aromatic rings. The molecule has 3 fully saturated rings. The summed E-state index contributed by atoms with van der Waals surface area (Å²) in [6.45, 7) is 11.9. The molecule has 0 aromatic heterocycles. The topological polar surface area (TPSA) is 133 Å². The van der Waals surface area contributed by atoms with Gasteiger partial charge < -0.3 is 10.2 Å². The van der Waals surface area contributed by atoms with Gasteiger partial charge in [0.15, 0.2) is 11.6 Å². The molecule has 5 aliphatic carbocycles. The number of allylic oxidation sites excluding steroid dienone is 4. The van der Waals surface area contributed by atoms with Crippen LogP contribution in [-0.4, -0.2) is 33.7 Å². The van der Waals surface area contributed by atoms with E-state index in [4.69, 9.17) is 0 Å². The van der Waals surface area contributed by atoms with Crippen LogP contribution in [0.2, 0.25) is 0 Å². The van der Waals surface area contributed by atoms with E-state index in [1.807, 2.05) is 13.0 Å². The normalized spacial score (nSPS) is 47.2. The number of carbonyl (C=O) groups is 4. The predicted octanol–water partition coefficient (Wildman–Crippen LogP) is 5.36. The summed E-state index contributed by atoms with van der Waals surface area (Å²) in [7, 11) is 0. The smallest absolute Gasteiger partial charge is 0.317 e. The molecule has 38 heavy (non-hydrogen) atoms. The number of aliphatic carboxylic acids is 2. The summed E-state index contributed by atoms with van der Waals surface area (Å²) in [5.74, 6) is -4.13. The zero-order valence-corrected chi connectivity index (χ0v) is 23.3. The first-order valence-corrected chi connectivity index (χ1v) is 13.9. The van der Waals surface area contributed by atoms with Crippen molar-refractivity contribution < 1.29 is 29.4 Å². The van der Waals surface area contributed by atoms with Gasteiger partial charge >= 0.3 is 11.9 Å². The highest BCUT2D eigenvalue weighted by Gasteiger charge is 2.72. The van der Waals surface area contributed by atoms with Crippen molar-refractivity contribution in [3.05, 3.63) is 23.3 Å². The van der Waals surface area contributed by atoms with Crippen LogP contribution in [0.4, 0.5) is 0 Å². The Morgan fingerprint density at radius 1 is 0.947 bits per heavy atom. The highest BCUT2D eigenvalue weighted by atomic mass is 16.4. The first-order chi connectivity index (χ1) is 17.4. The molecule has 8 atom stereocenters. The largest absolute Gasteiger partial charge is 0.481 e. The Morgan fingerprint density at radius 3 is 2.16 bits per heavy atom. The number of Topliss-reactive ketones (excluding diaryl/α,β-unsaturated/α-hetero) is 1. The third-order valence-electron chi connectivity index (χ3n) is 12.4. The van der Waals surface area contributed by atoms with E-state index < -0.39 is 56.6 Å². The molecule has 0 unspecified atom stereocenters. The number of nitriles is 1. The van der Waals surface area contributed by atoms with E-state index in [2.05, 4.69) is 27.7 Å². The number of carbonyl (C=O) groups excluding carboxylic acids is 2. The Labute approximate surface area is 224 Å². The van der Waals surface area contributed by atoms with E-state index >= 15 is 0 Å². The van der Waals surface area contributed by atoms with Crippen molar-refractivity contribution in [1.29, 1.82) is 5.26 Å². The molecule has 0 spiro atoms. The lowest BCUT2D eigenvalue weighted by atomic mass is 9.34. The number of fused-ring (bicyclic) bond motifs is 7. The van der Waals surface area contributed by atoms with Crippen molar-refractivity contribution in [2.75, 3.05) is 0 Å². The molecule has 0 bridgehead atoms. The highest BCUT2D eigenvalue weighted by molar-refractivity contribution is 6.15. The highest BCUT2D eigenvalue weighted by Crippen LogP contribution is 2.74. The van der Waals surface area contributed by atoms with E-state index in [0.29, 0.717) is 38.5 Å². The van der Waals surface area contributed by atoms with Crippen LogP contribution in [0.25, 0.3) is 0 Å². The first kappa shape index (κ1) is 26.8. The number of hydrogen-bond acceptors (Lipinski definition) is 5. The Bertz CT molecular complexity index is 1290. The maximum atomic E-state index is 14.3. The zero-order valence-electron chi connectivity index (χ0n) is 23.3. The van der Waals surface area contributed by atoms with Crippen LogP contribution in [0.15, 0.2) is 23.3 Å². The molecule has 0 aliphatic heterocycles. The standard InChI is InChI=1S/C31H39NO6/c1-26(2)9-11-31(25(37)38)12-10-29(5)22(18(31)15-26)19(33)13-21-27(3)14-17(16-32)23(34)30(6,24(35)36)20(27)7-8-28(21,29)4/h13-14,18,20,22H,7-12,15H2,1-6H3,(H,35,36)(H,37,38)/t18-,20+,22-,27-,28+,29+,30-,31-/m0/s1. The SMILES string of the molecule is CC1(C)CC[C@]2(C(=O)O)CC[C@]3(C)[C@H](C(=O)C=C4[C@@]5(C)C=C(C#N)C(=O)[C@@](C)(C(=O)O)[C@@H]5CC[C@]43C)[C@@H]2C1. The van der Waals surface area contributed by atoms with Crippen LogP contribution in [-0.2, 0) is 19.2 Å². The average molecular weight is 522 g/mol. The third-order valence-corrected chi connectivity index (χ3v) is 12.4. The minimum atomic E-state index is -1.77. The Morgan fingerprint density at radius 2 is 1.58 bits per heavy atom. The number of nitrogens with zero attached hydrogens (tertiary/aromatic N) is 1. The third kappa shape index (κ3) is 2.95. The molecule has 5 rings (SSSR count). The quantitative estimate of drug-likeness (QED) is 0.468. The lowest BCUT2D eigenvalue weighted by Crippen LogP contribution is -2.66. The maximum absolute atomic E-state index is 14.3. The van der Waals surface area contributed by atoms with Gasteiger partial charge in [0.05, 0.1) is 11.0 Å². The van der Waals surface area contributed by atoms with Gasteiger partial charge in [-0.1, -0.05) is 46.3 Å². The van der Waals surface area contributed by atoms with Gasteiger partial charge in [-0.3, -0.25) is 19.2 Å². The second kappa shape index (κ2) is 7.67. The Balaban J connectivity index is 1.72. The van der Waals surface area contributed by atoms with Crippen molar-refractivity contribution >= 4 is 23.5 Å². The van der Waals surface area contributed by atoms with Crippen molar-refractivity contribution in [1.82, 2.24) is 0 Å². The molecule has 3 saturated carbocycles. The van der Waals surface area contributed by atoms with Gasteiger partial charge in [-0.05, 0) is 86.0 Å². The number of hydrogen-bond donors (Lipinski definition) is 2. The molecule has 204 valence electrons. The van der Waals surface area contributed by atoms with Gasteiger partial charge in [0, 0.05) is 11.3 Å². The molecule has 0 saturated heterocycles. The van der Waals surface area contributed by atoms with Crippen molar-refractivity contribution in [2.24, 2.45) is 50.2 Å². The second-order valence-corrected chi connectivity index (χ2v) is 14.5. The van der Waals surface area contributed by atoms with E-state index in [-0.39, 0.29) is 22.7 Å². The summed E-state index contributed by atoms with van der Waals surface area (Å²) in [4.78, 5) is 52.8. The van der Waals surface area contributed by atoms with E-state index in [0.717, 1.165) is 12.0 Å². The van der Waals surface area contributed by atoms with Crippen LogP contribution in [0.5, 0.6) is 0 Å². The summed E-state index contributed by atoms with van der Waals surface area (Å²) in [5.41, 5.74) is -4.11. The molecule has 2 N–H and O–H groups in total. The molecular weight excluding hydrogens is 482 g/mol. The van der Waals surface area contributed by atoms with Crippen molar-refractivity contribution in [2.45, 2.75) is 86.5 Å². The van der Waals surface area contributed by atoms with Crippen LogP contribution >= 0.6 is 0 Å². The first-order valence-electron chi connectivity index (χ1n) is 13.9. The van der Waals surface area contributed by atoms with Gasteiger partial charge in [-0.25, -0.2) is 0 Å². The fourth-order valence-corrected chi connectivity index (χ4v) is 9.96. The van der Waals surface area contributed by atoms with E-state index in [1.54, 1.807) is 12.2 Å². The zero-order chi connectivity index (χ0) is 28.3. The Kier molecular flexibility index (Phi) is 5.42. The van der Waals surface area contributed by atoms with Gasteiger partial charge in [0.1, 0.15) is 11.5 Å². The van der Waals surface area contributed by atoms with E-state index in [1.165, 1.54) is 6.92 Å². The summed E-state index contributed by atoms with van der Waals surface area (Å²) < 4.78 is 0. The molecule has 5 aliphatic rings. The van der Waals surface area contributed by atoms with Crippen molar-refractivity contribution in [3.8, 4) is 6.07 Å². The molecule has 0 heterocycles. The van der Waals surface area contributed by atoms with Gasteiger partial charge in [0.2, 0.25) is 0 Å². The predicted molar refractivity (Wildman–Crippen MR) is 138 cm³/mol. The van der Waals surface area contributed by atoms with Crippen LogP contribution in [0, 0.1) is 61.6 Å². The minimum absolute atomic E-state index is 0.0614. The lowest BCUT2D eigenvalue weighted by molar-refractivity contribution is -0.189. The summed E-state index contributed by atoms with van der Waals surface area (Å²) in [5, 5.41) is 30.5. The van der Waals surface area contributed by atoms with Gasteiger partial charge in [0.25, 0.3) is 0 Å². The number of rotatable bonds is 2. The molecule has 0 aromatic carbocycles. The Hall–Kier alpha value is -2.75. The fraction of sp³-hybridized carbons (Fsp3) is 0.710. The molecule has 7 heteroatoms. The van der Waals surface area contributed by atoms with Crippen LogP contribution < -0.4 is 0 Å². The molecular formula is C31H39NO6. The van der Waals surface area contributed by atoms with E-state index in [9.17, 15) is 34.7 Å². The number of carboxylic acid groups (broad SMARTS) is 2. The average Bonchev–Trinajstić information content (AvgIpc) is 2.82. The summed E-state index contributed by atoms with van der Waals surface area (Å²) in [6, 6.07) is 1.94. The summed E-state index contributed by atoms with van der Waals surface area (Å²) >= 11 is 0. The fourth-order valence-electron chi connectivity index (χ4n) is 9.96. The molecule has 7 nitrogen and oxygen atoms in total. The molecule has 0 amide bonds. The monoisotopic (exact) mass is 521 g/mol. The molecule has 0 radical (unpaired) electrons.